The molecule has 1 aliphatic rings. The number of nitrogens with zero attached hydrogens (tertiary/aromatic N) is 4. The van der Waals surface area contributed by atoms with E-state index in [9.17, 15) is 14.9 Å². The van der Waals surface area contributed by atoms with Gasteiger partial charge in [-0.3, -0.25) is 14.9 Å². The van der Waals surface area contributed by atoms with Crippen LogP contribution >= 0.6 is 0 Å². The molecule has 0 spiro atoms. The molecule has 1 aromatic heterocycles. The Hall–Kier alpha value is -3.81. The molecule has 2 aromatic carbocycles. The van der Waals surface area contributed by atoms with Gasteiger partial charge in [-0.15, -0.1) is 10.2 Å². The second-order valence-corrected chi connectivity index (χ2v) is 7.15. The van der Waals surface area contributed by atoms with E-state index in [1.165, 1.54) is 24.6 Å². The third kappa shape index (κ3) is 4.43. The fourth-order valence-electron chi connectivity index (χ4n) is 3.50. The fourth-order valence-corrected chi connectivity index (χ4v) is 3.50. The van der Waals surface area contributed by atoms with Crippen LogP contribution in [-0.2, 0) is 17.8 Å². The second kappa shape index (κ2) is 8.69. The predicted molar refractivity (Wildman–Crippen MR) is 114 cm³/mol. The van der Waals surface area contributed by atoms with Crippen molar-refractivity contribution < 1.29 is 9.72 Å². The van der Waals surface area contributed by atoms with Crippen LogP contribution in [0.3, 0.4) is 0 Å². The first-order chi connectivity index (χ1) is 14.6. The standard InChI is InChI=1S/C22H21N5O3/c28-21(13-10-16-8-11-19(12-9-16)27(29)30)23-18-6-4-5-17(15-18)22-25-24-20-7-2-1-3-14-26(20)22/h4-6,8-13,15H,1-3,7,14H2,(H,23,28)/b13-10+. The number of anilines is 1. The van der Waals surface area contributed by atoms with Gasteiger partial charge in [0.05, 0.1) is 4.92 Å². The summed E-state index contributed by atoms with van der Waals surface area (Å²) < 4.78 is 2.17. The molecule has 0 atom stereocenters. The number of carbonyl (C=O) groups excluding carboxylic acids is 1. The van der Waals surface area contributed by atoms with Crippen LogP contribution in [0.25, 0.3) is 17.5 Å². The lowest BCUT2D eigenvalue weighted by atomic mass is 10.1. The van der Waals surface area contributed by atoms with Crippen LogP contribution in [0.2, 0.25) is 0 Å². The molecule has 0 fully saturated rings. The normalized spacial score (nSPS) is 13.6. The molecule has 0 bridgehead atoms. The smallest absolute Gasteiger partial charge is 0.269 e. The van der Waals surface area contributed by atoms with E-state index < -0.39 is 4.92 Å². The summed E-state index contributed by atoms with van der Waals surface area (Å²) in [6.07, 6.45) is 7.40. The summed E-state index contributed by atoms with van der Waals surface area (Å²) in [4.78, 5) is 22.5. The number of nitro groups is 1. The Labute approximate surface area is 173 Å². The van der Waals surface area contributed by atoms with E-state index >= 15 is 0 Å². The molecular formula is C22H21N5O3. The molecule has 0 unspecified atom stereocenters. The van der Waals surface area contributed by atoms with Crippen molar-refractivity contribution in [3.05, 3.63) is 76.1 Å². The molecule has 0 radical (unpaired) electrons. The van der Waals surface area contributed by atoms with E-state index in [0.717, 1.165) is 43.0 Å². The molecule has 0 aliphatic carbocycles. The summed E-state index contributed by atoms with van der Waals surface area (Å²) in [5, 5.41) is 22.2. The minimum Gasteiger partial charge on any atom is -0.322 e. The van der Waals surface area contributed by atoms with Gasteiger partial charge in [-0.2, -0.15) is 0 Å². The van der Waals surface area contributed by atoms with Gasteiger partial charge in [0.25, 0.3) is 5.69 Å². The number of aromatic nitrogens is 3. The average Bonchev–Trinajstić information content (AvgIpc) is 3.01. The fraction of sp³-hybridized carbons (Fsp3) is 0.227. The third-order valence-corrected chi connectivity index (χ3v) is 5.03. The molecule has 1 amide bonds. The number of carbonyl (C=O) groups is 1. The molecule has 3 aromatic rings. The van der Waals surface area contributed by atoms with Gasteiger partial charge in [-0.1, -0.05) is 18.6 Å². The average molecular weight is 403 g/mol. The predicted octanol–water partition coefficient (Wildman–Crippen LogP) is 4.23. The largest absolute Gasteiger partial charge is 0.322 e. The van der Waals surface area contributed by atoms with Gasteiger partial charge in [0, 0.05) is 42.4 Å². The molecule has 0 saturated carbocycles. The zero-order valence-electron chi connectivity index (χ0n) is 16.3. The zero-order chi connectivity index (χ0) is 20.9. The quantitative estimate of drug-likeness (QED) is 0.390. The highest BCUT2D eigenvalue weighted by atomic mass is 16.6. The lowest BCUT2D eigenvalue weighted by Gasteiger charge is -2.09. The number of amides is 1. The monoisotopic (exact) mass is 403 g/mol. The van der Waals surface area contributed by atoms with Gasteiger partial charge >= 0.3 is 0 Å². The highest BCUT2D eigenvalue weighted by Crippen LogP contribution is 2.25. The Balaban J connectivity index is 1.46. The highest BCUT2D eigenvalue weighted by molar-refractivity contribution is 6.02. The van der Waals surface area contributed by atoms with E-state index in [2.05, 4.69) is 20.1 Å². The van der Waals surface area contributed by atoms with Gasteiger partial charge in [0.1, 0.15) is 5.82 Å². The van der Waals surface area contributed by atoms with Crippen molar-refractivity contribution in [2.45, 2.75) is 32.2 Å². The third-order valence-electron chi connectivity index (χ3n) is 5.03. The molecule has 0 saturated heterocycles. The zero-order valence-corrected chi connectivity index (χ0v) is 16.3. The number of nitrogens with one attached hydrogen (secondary N) is 1. The van der Waals surface area contributed by atoms with Gasteiger partial charge in [-0.05, 0) is 48.7 Å². The number of rotatable bonds is 5. The summed E-state index contributed by atoms with van der Waals surface area (Å²) in [5.74, 6) is 1.55. The summed E-state index contributed by atoms with van der Waals surface area (Å²) >= 11 is 0. The van der Waals surface area contributed by atoms with Crippen molar-refractivity contribution in [1.82, 2.24) is 14.8 Å². The topological polar surface area (TPSA) is 103 Å². The summed E-state index contributed by atoms with van der Waals surface area (Å²) in [6.45, 7) is 0.909. The van der Waals surface area contributed by atoms with Crippen molar-refractivity contribution in [3.8, 4) is 11.4 Å². The maximum Gasteiger partial charge on any atom is 0.269 e. The van der Waals surface area contributed by atoms with Crippen LogP contribution in [0.5, 0.6) is 0 Å². The van der Waals surface area contributed by atoms with Gasteiger partial charge in [0.2, 0.25) is 5.91 Å². The summed E-state index contributed by atoms with van der Waals surface area (Å²) in [7, 11) is 0. The first-order valence-corrected chi connectivity index (χ1v) is 9.86. The minimum absolute atomic E-state index is 0.0137. The summed E-state index contributed by atoms with van der Waals surface area (Å²) in [5.41, 5.74) is 2.29. The lowest BCUT2D eigenvalue weighted by Crippen LogP contribution is -2.08. The van der Waals surface area contributed by atoms with Crippen molar-refractivity contribution in [3.63, 3.8) is 0 Å². The van der Waals surface area contributed by atoms with Crippen molar-refractivity contribution in [1.29, 1.82) is 0 Å². The van der Waals surface area contributed by atoms with E-state index in [1.807, 2.05) is 24.3 Å². The van der Waals surface area contributed by atoms with E-state index in [1.54, 1.807) is 18.2 Å². The van der Waals surface area contributed by atoms with Gasteiger partial charge < -0.3 is 9.88 Å². The first kappa shape index (κ1) is 19.5. The molecule has 1 aliphatic heterocycles. The first-order valence-electron chi connectivity index (χ1n) is 9.86. The Bertz CT molecular complexity index is 1100. The van der Waals surface area contributed by atoms with Gasteiger partial charge in [0.15, 0.2) is 5.82 Å². The maximum atomic E-state index is 12.3. The molecule has 8 heteroatoms. The SMILES string of the molecule is O=C(/C=C/c1ccc([N+](=O)[O-])cc1)Nc1cccc(-c2nnc3n2CCCCC3)c1. The van der Waals surface area contributed by atoms with Crippen LogP contribution in [0.4, 0.5) is 11.4 Å². The van der Waals surface area contributed by atoms with Crippen molar-refractivity contribution in [2.24, 2.45) is 0 Å². The number of fused-ring (bicyclic) bond motifs is 1. The molecule has 30 heavy (non-hydrogen) atoms. The van der Waals surface area contributed by atoms with Crippen LogP contribution in [0.1, 0.15) is 30.7 Å². The highest BCUT2D eigenvalue weighted by Gasteiger charge is 2.16. The Morgan fingerprint density at radius 2 is 1.93 bits per heavy atom. The van der Waals surface area contributed by atoms with Crippen LogP contribution in [-0.4, -0.2) is 25.6 Å². The van der Waals surface area contributed by atoms with Crippen LogP contribution in [0.15, 0.2) is 54.6 Å². The molecule has 152 valence electrons. The van der Waals surface area contributed by atoms with Crippen LogP contribution < -0.4 is 5.32 Å². The Kier molecular flexibility index (Phi) is 5.65. The number of aryl methyl sites for hydroxylation is 1. The molecule has 1 N–H and O–H groups in total. The van der Waals surface area contributed by atoms with E-state index in [-0.39, 0.29) is 11.6 Å². The number of non-ortho nitro benzene ring substituents is 1. The molecule has 2 heterocycles. The van der Waals surface area contributed by atoms with Crippen molar-refractivity contribution in [2.75, 3.05) is 5.32 Å². The molecule has 8 nitrogen and oxygen atoms in total. The second-order valence-electron chi connectivity index (χ2n) is 7.15. The lowest BCUT2D eigenvalue weighted by molar-refractivity contribution is -0.384. The molecular weight excluding hydrogens is 382 g/mol. The minimum atomic E-state index is -0.457. The molecule has 4 rings (SSSR count). The number of hydrogen-bond acceptors (Lipinski definition) is 5. The summed E-state index contributed by atoms with van der Waals surface area (Å²) in [6, 6.07) is 13.6. The maximum absolute atomic E-state index is 12.3. The van der Waals surface area contributed by atoms with E-state index in [0.29, 0.717) is 11.3 Å². The Morgan fingerprint density at radius 1 is 1.10 bits per heavy atom. The van der Waals surface area contributed by atoms with Crippen LogP contribution in [0, 0.1) is 10.1 Å². The number of nitro benzene ring substituents is 1. The number of benzene rings is 2. The van der Waals surface area contributed by atoms with Gasteiger partial charge in [-0.25, -0.2) is 0 Å². The Morgan fingerprint density at radius 3 is 2.73 bits per heavy atom. The van der Waals surface area contributed by atoms with Crippen molar-refractivity contribution >= 4 is 23.4 Å². The number of hydrogen-bond donors (Lipinski definition) is 1. The van der Waals surface area contributed by atoms with E-state index in [4.69, 9.17) is 0 Å².